The summed E-state index contributed by atoms with van der Waals surface area (Å²) in [6.45, 7) is 5.78. The third-order valence-corrected chi connectivity index (χ3v) is 5.74. The lowest BCUT2D eigenvalue weighted by molar-refractivity contribution is -0.138. The van der Waals surface area contributed by atoms with Gasteiger partial charge in [0.1, 0.15) is 0 Å². The lowest BCUT2D eigenvalue weighted by Crippen LogP contribution is -2.42. The molecule has 124 valence electrons. The number of carbonyl (C=O) groups is 2. The summed E-state index contributed by atoms with van der Waals surface area (Å²) >= 11 is 0. The highest BCUT2D eigenvalue weighted by Crippen LogP contribution is 2.27. The molecule has 6 nitrogen and oxygen atoms in total. The van der Waals surface area contributed by atoms with E-state index in [1.807, 2.05) is 23.9 Å². The fraction of sp³-hybridized carbons (Fsp3) is 0.875. The molecule has 4 aliphatic rings. The molecule has 4 saturated heterocycles. The average molecular weight is 308 g/mol. The molecule has 4 atom stereocenters. The van der Waals surface area contributed by atoms with Crippen molar-refractivity contribution in [1.29, 1.82) is 0 Å². The second kappa shape index (κ2) is 6.54. The number of fused-ring (bicyclic) bond motifs is 2. The standard InChI is InChI=1S/2C8H14N2O/c2*1-10-3-2-6-4-9-5-7(6)8(10)11/h2*6-7,9H,2-5H2,1H3/t2*6-,7+/m10/s1. The van der Waals surface area contributed by atoms with Crippen LogP contribution in [-0.2, 0) is 9.59 Å². The van der Waals surface area contributed by atoms with Crippen LogP contribution in [0.15, 0.2) is 0 Å². The maximum Gasteiger partial charge on any atom is 0.227 e. The van der Waals surface area contributed by atoms with Gasteiger partial charge in [0.05, 0.1) is 11.8 Å². The number of carbonyl (C=O) groups excluding carboxylic acids is 2. The van der Waals surface area contributed by atoms with E-state index < -0.39 is 0 Å². The molecular weight excluding hydrogens is 280 g/mol. The summed E-state index contributed by atoms with van der Waals surface area (Å²) in [5, 5.41) is 6.54. The van der Waals surface area contributed by atoms with Gasteiger partial charge in [0.15, 0.2) is 0 Å². The van der Waals surface area contributed by atoms with Crippen molar-refractivity contribution in [2.75, 3.05) is 53.4 Å². The maximum atomic E-state index is 11.5. The van der Waals surface area contributed by atoms with Gasteiger partial charge >= 0.3 is 0 Å². The van der Waals surface area contributed by atoms with Crippen LogP contribution in [0.2, 0.25) is 0 Å². The molecule has 0 aromatic carbocycles. The predicted molar refractivity (Wildman–Crippen MR) is 84.2 cm³/mol. The molecule has 0 spiro atoms. The van der Waals surface area contributed by atoms with E-state index in [4.69, 9.17) is 0 Å². The summed E-state index contributed by atoms with van der Waals surface area (Å²) in [5.41, 5.74) is 0. The van der Waals surface area contributed by atoms with Crippen molar-refractivity contribution in [3.05, 3.63) is 0 Å². The Kier molecular flexibility index (Phi) is 4.68. The quantitative estimate of drug-likeness (QED) is 0.625. The number of hydrogen-bond donors (Lipinski definition) is 2. The van der Waals surface area contributed by atoms with E-state index in [0.29, 0.717) is 23.7 Å². The molecule has 4 aliphatic heterocycles. The van der Waals surface area contributed by atoms with E-state index in [9.17, 15) is 9.59 Å². The minimum Gasteiger partial charge on any atom is -0.345 e. The van der Waals surface area contributed by atoms with Crippen LogP contribution in [0.1, 0.15) is 12.8 Å². The Morgan fingerprint density at radius 1 is 0.773 bits per heavy atom. The highest BCUT2D eigenvalue weighted by atomic mass is 16.2. The van der Waals surface area contributed by atoms with Gasteiger partial charge < -0.3 is 20.4 Å². The van der Waals surface area contributed by atoms with Crippen LogP contribution >= 0.6 is 0 Å². The molecule has 0 saturated carbocycles. The molecule has 2 N–H and O–H groups in total. The summed E-state index contributed by atoms with van der Waals surface area (Å²) in [7, 11) is 3.80. The van der Waals surface area contributed by atoms with Crippen LogP contribution in [0.5, 0.6) is 0 Å². The number of piperidine rings is 2. The van der Waals surface area contributed by atoms with Crippen molar-refractivity contribution < 1.29 is 9.59 Å². The molecule has 0 radical (unpaired) electrons. The van der Waals surface area contributed by atoms with Crippen LogP contribution in [0, 0.1) is 23.7 Å². The predicted octanol–water partition coefficient (Wildman–Crippen LogP) is -0.632. The molecule has 22 heavy (non-hydrogen) atoms. The normalized spacial score (nSPS) is 37.5. The Labute approximate surface area is 132 Å². The van der Waals surface area contributed by atoms with Crippen molar-refractivity contribution in [2.24, 2.45) is 23.7 Å². The van der Waals surface area contributed by atoms with Gasteiger partial charge in [-0.25, -0.2) is 0 Å². The highest BCUT2D eigenvalue weighted by Gasteiger charge is 2.38. The smallest absolute Gasteiger partial charge is 0.227 e. The van der Waals surface area contributed by atoms with E-state index in [-0.39, 0.29) is 11.8 Å². The van der Waals surface area contributed by atoms with Crippen molar-refractivity contribution >= 4 is 11.8 Å². The number of rotatable bonds is 0. The molecule has 0 aliphatic carbocycles. The van der Waals surface area contributed by atoms with Crippen LogP contribution in [0.4, 0.5) is 0 Å². The Morgan fingerprint density at radius 2 is 1.18 bits per heavy atom. The average Bonchev–Trinajstić information content (AvgIpc) is 3.16. The minimum absolute atomic E-state index is 0.286. The summed E-state index contributed by atoms with van der Waals surface area (Å²) in [4.78, 5) is 26.7. The van der Waals surface area contributed by atoms with Gasteiger partial charge in [0, 0.05) is 40.3 Å². The third kappa shape index (κ3) is 2.99. The third-order valence-electron chi connectivity index (χ3n) is 5.74. The zero-order valence-corrected chi connectivity index (χ0v) is 13.7. The van der Waals surface area contributed by atoms with Crippen molar-refractivity contribution in [3.8, 4) is 0 Å². The number of nitrogens with one attached hydrogen (secondary N) is 2. The largest absolute Gasteiger partial charge is 0.345 e. The number of nitrogens with zero attached hydrogens (tertiary/aromatic N) is 2. The molecule has 2 amide bonds. The fourth-order valence-corrected chi connectivity index (χ4v) is 4.16. The van der Waals surface area contributed by atoms with Crippen LogP contribution in [-0.4, -0.2) is 75.0 Å². The molecule has 6 heteroatoms. The van der Waals surface area contributed by atoms with Crippen LogP contribution in [0.3, 0.4) is 0 Å². The summed E-state index contributed by atoms with van der Waals surface area (Å²) in [5.74, 6) is 2.50. The Morgan fingerprint density at radius 3 is 1.59 bits per heavy atom. The molecular formula is C16H28N4O2. The SMILES string of the molecule is CN1CC[C@@H]2CNC[C@@H]2C1=O.CN1CC[C@H]2CNC[C@H]2C1=O. The number of hydrogen-bond acceptors (Lipinski definition) is 4. The van der Waals surface area contributed by atoms with Gasteiger partial charge in [-0.3, -0.25) is 9.59 Å². The summed E-state index contributed by atoms with van der Waals surface area (Å²) in [6, 6.07) is 0. The molecule has 0 aromatic rings. The van der Waals surface area contributed by atoms with E-state index in [2.05, 4.69) is 10.6 Å². The van der Waals surface area contributed by atoms with Gasteiger partial charge in [-0.05, 0) is 37.8 Å². The van der Waals surface area contributed by atoms with Gasteiger partial charge in [0.25, 0.3) is 0 Å². The first-order chi connectivity index (χ1) is 10.6. The second-order valence-corrected chi connectivity index (χ2v) is 7.15. The van der Waals surface area contributed by atoms with Gasteiger partial charge in [-0.15, -0.1) is 0 Å². The summed E-state index contributed by atoms with van der Waals surface area (Å²) in [6.07, 6.45) is 2.36. The topological polar surface area (TPSA) is 64.7 Å². The fourth-order valence-electron chi connectivity index (χ4n) is 4.16. The number of likely N-dealkylation sites (tertiary alicyclic amines) is 2. The Hall–Kier alpha value is -1.14. The molecule has 4 heterocycles. The van der Waals surface area contributed by atoms with Gasteiger partial charge in [-0.1, -0.05) is 0 Å². The molecule has 4 fully saturated rings. The highest BCUT2D eigenvalue weighted by molar-refractivity contribution is 5.80. The van der Waals surface area contributed by atoms with Crippen LogP contribution in [0.25, 0.3) is 0 Å². The first kappa shape index (κ1) is 15.7. The zero-order valence-electron chi connectivity index (χ0n) is 13.7. The first-order valence-electron chi connectivity index (χ1n) is 8.49. The first-order valence-corrected chi connectivity index (χ1v) is 8.49. The number of amides is 2. The van der Waals surface area contributed by atoms with E-state index >= 15 is 0 Å². The molecule has 0 bridgehead atoms. The zero-order chi connectivity index (χ0) is 15.7. The van der Waals surface area contributed by atoms with Crippen molar-refractivity contribution in [3.63, 3.8) is 0 Å². The van der Waals surface area contributed by atoms with Crippen LogP contribution < -0.4 is 10.6 Å². The van der Waals surface area contributed by atoms with E-state index in [1.165, 1.54) is 12.8 Å². The van der Waals surface area contributed by atoms with Gasteiger partial charge in [0.2, 0.25) is 11.8 Å². The van der Waals surface area contributed by atoms with E-state index in [0.717, 1.165) is 39.3 Å². The van der Waals surface area contributed by atoms with Crippen molar-refractivity contribution in [1.82, 2.24) is 20.4 Å². The summed E-state index contributed by atoms with van der Waals surface area (Å²) < 4.78 is 0. The maximum absolute atomic E-state index is 11.5. The minimum atomic E-state index is 0.286. The molecule has 0 unspecified atom stereocenters. The molecule has 4 rings (SSSR count). The lowest BCUT2D eigenvalue weighted by Gasteiger charge is -2.30. The Bertz CT molecular complexity index is 402. The van der Waals surface area contributed by atoms with Gasteiger partial charge in [-0.2, -0.15) is 0 Å². The molecule has 0 aromatic heterocycles. The van der Waals surface area contributed by atoms with Crippen molar-refractivity contribution in [2.45, 2.75) is 12.8 Å². The van der Waals surface area contributed by atoms with E-state index in [1.54, 1.807) is 0 Å². The lowest BCUT2D eigenvalue weighted by atomic mass is 9.88. The second-order valence-electron chi connectivity index (χ2n) is 7.15. The Balaban J connectivity index is 0.000000131. The monoisotopic (exact) mass is 308 g/mol.